The number of carbonyl (C=O) groups excluding carboxylic acids is 1. The smallest absolute Gasteiger partial charge is 0.322 e. The Morgan fingerprint density at radius 2 is 2.04 bits per heavy atom. The summed E-state index contributed by atoms with van der Waals surface area (Å²) in [6.07, 6.45) is 0.804. The van der Waals surface area contributed by atoms with Gasteiger partial charge >= 0.3 is 6.03 Å². The van der Waals surface area contributed by atoms with Gasteiger partial charge in [0.25, 0.3) is 0 Å². The molecular weight excluding hydrogens is 341 g/mol. The Kier molecular flexibility index (Phi) is 3.88. The Bertz CT molecular complexity index is 982. The minimum Gasteiger partial charge on any atom is -0.347 e. The number of aromatic nitrogens is 1. The van der Waals surface area contributed by atoms with Crippen molar-refractivity contribution in [2.75, 3.05) is 11.9 Å². The second-order valence-electron chi connectivity index (χ2n) is 6.23. The fourth-order valence-corrected chi connectivity index (χ4v) is 3.66. The van der Waals surface area contributed by atoms with E-state index in [2.05, 4.69) is 29.1 Å². The normalized spacial score (nSPS) is 13.8. The van der Waals surface area contributed by atoms with Crippen LogP contribution < -0.4 is 5.32 Å². The standard InChI is InChI=1S/C19H17ClFN3O/c1-23-17-5-3-2-4-13(17)14-11-24(9-8-18(14)23)19(25)22-12-6-7-16(21)15(20)10-12/h2-7,10H,8-9,11H2,1H3,(H,22,25). The van der Waals surface area contributed by atoms with Gasteiger partial charge in [-0.2, -0.15) is 0 Å². The molecule has 0 unspecified atom stereocenters. The molecule has 0 bridgehead atoms. The summed E-state index contributed by atoms with van der Waals surface area (Å²) in [7, 11) is 2.07. The van der Waals surface area contributed by atoms with Crippen molar-refractivity contribution in [3.05, 3.63) is 64.6 Å². The molecule has 128 valence electrons. The number of fused-ring (bicyclic) bond motifs is 3. The van der Waals surface area contributed by atoms with E-state index in [0.717, 1.165) is 6.42 Å². The van der Waals surface area contributed by atoms with E-state index < -0.39 is 5.82 Å². The monoisotopic (exact) mass is 357 g/mol. The highest BCUT2D eigenvalue weighted by molar-refractivity contribution is 6.31. The van der Waals surface area contributed by atoms with Crippen molar-refractivity contribution in [1.29, 1.82) is 0 Å². The summed E-state index contributed by atoms with van der Waals surface area (Å²) >= 11 is 5.78. The molecule has 25 heavy (non-hydrogen) atoms. The lowest BCUT2D eigenvalue weighted by Gasteiger charge is -2.28. The molecule has 0 saturated heterocycles. The average Bonchev–Trinajstić information content (AvgIpc) is 2.91. The maximum atomic E-state index is 13.2. The molecule has 1 aromatic heterocycles. The number of benzene rings is 2. The minimum atomic E-state index is -0.502. The van der Waals surface area contributed by atoms with Crippen LogP contribution in [0.4, 0.5) is 14.9 Å². The van der Waals surface area contributed by atoms with Gasteiger partial charge in [0.15, 0.2) is 0 Å². The van der Waals surface area contributed by atoms with E-state index in [0.29, 0.717) is 18.8 Å². The Morgan fingerprint density at radius 3 is 2.84 bits per heavy atom. The zero-order chi connectivity index (χ0) is 17.6. The Hall–Kier alpha value is -2.53. The Balaban J connectivity index is 1.58. The number of aryl methyl sites for hydroxylation is 1. The molecule has 0 atom stereocenters. The summed E-state index contributed by atoms with van der Waals surface area (Å²) in [6, 6.07) is 12.2. The lowest BCUT2D eigenvalue weighted by Crippen LogP contribution is -2.39. The van der Waals surface area contributed by atoms with Crippen LogP contribution in [0.25, 0.3) is 10.9 Å². The highest BCUT2D eigenvalue weighted by atomic mass is 35.5. The van der Waals surface area contributed by atoms with Gasteiger partial charge in [0.05, 0.1) is 5.02 Å². The number of nitrogens with zero attached hydrogens (tertiary/aromatic N) is 2. The molecule has 0 radical (unpaired) electrons. The molecular formula is C19H17ClFN3O. The van der Waals surface area contributed by atoms with Crippen molar-refractivity contribution >= 4 is 34.2 Å². The highest BCUT2D eigenvalue weighted by Crippen LogP contribution is 2.30. The molecule has 1 N–H and O–H groups in total. The van der Waals surface area contributed by atoms with Crippen LogP contribution in [0.5, 0.6) is 0 Å². The Morgan fingerprint density at radius 1 is 1.24 bits per heavy atom. The summed E-state index contributed by atoms with van der Waals surface area (Å²) in [5, 5.41) is 3.97. The quantitative estimate of drug-likeness (QED) is 0.681. The SMILES string of the molecule is Cn1c2c(c3ccccc31)CN(C(=O)Nc1ccc(F)c(Cl)c1)CC2. The molecule has 0 aliphatic carbocycles. The van der Waals surface area contributed by atoms with E-state index in [-0.39, 0.29) is 11.1 Å². The van der Waals surface area contributed by atoms with Crippen LogP contribution in [0.2, 0.25) is 5.02 Å². The highest BCUT2D eigenvalue weighted by Gasteiger charge is 2.25. The maximum Gasteiger partial charge on any atom is 0.322 e. The molecule has 3 aromatic rings. The first-order chi connectivity index (χ1) is 12.0. The van der Waals surface area contributed by atoms with E-state index in [1.165, 1.54) is 40.4 Å². The molecule has 1 aliphatic heterocycles. The molecule has 2 heterocycles. The van der Waals surface area contributed by atoms with Crippen LogP contribution in [0.3, 0.4) is 0 Å². The summed E-state index contributed by atoms with van der Waals surface area (Å²) in [6.45, 7) is 1.19. The molecule has 0 fully saturated rings. The fourth-order valence-electron chi connectivity index (χ4n) is 3.48. The maximum absolute atomic E-state index is 13.2. The molecule has 4 nitrogen and oxygen atoms in total. The van der Waals surface area contributed by atoms with Gasteiger partial charge in [0.2, 0.25) is 0 Å². The molecule has 6 heteroatoms. The largest absolute Gasteiger partial charge is 0.347 e. The summed E-state index contributed by atoms with van der Waals surface area (Å²) in [5.74, 6) is -0.502. The summed E-state index contributed by atoms with van der Waals surface area (Å²) in [5.41, 5.74) is 4.13. The van der Waals surface area contributed by atoms with Crippen LogP contribution in [0.15, 0.2) is 42.5 Å². The van der Waals surface area contributed by atoms with Gasteiger partial charge in [0.1, 0.15) is 5.82 Å². The second-order valence-corrected chi connectivity index (χ2v) is 6.64. The number of urea groups is 1. The number of hydrogen-bond acceptors (Lipinski definition) is 1. The van der Waals surface area contributed by atoms with Gasteiger partial charge < -0.3 is 14.8 Å². The molecule has 1 aliphatic rings. The molecule has 0 saturated carbocycles. The third kappa shape index (κ3) is 2.74. The lowest BCUT2D eigenvalue weighted by molar-refractivity contribution is 0.206. The van der Waals surface area contributed by atoms with E-state index in [9.17, 15) is 9.18 Å². The summed E-state index contributed by atoms with van der Waals surface area (Å²) in [4.78, 5) is 14.4. The first-order valence-corrected chi connectivity index (χ1v) is 8.48. The number of hydrogen-bond donors (Lipinski definition) is 1. The zero-order valence-corrected chi connectivity index (χ0v) is 14.5. The van der Waals surface area contributed by atoms with Gasteiger partial charge in [-0.1, -0.05) is 29.8 Å². The number of anilines is 1. The predicted octanol–water partition coefficient (Wildman–Crippen LogP) is 4.56. The molecule has 2 amide bonds. The topological polar surface area (TPSA) is 37.3 Å². The fraction of sp³-hybridized carbons (Fsp3) is 0.211. The van der Waals surface area contributed by atoms with Crippen molar-refractivity contribution in [2.24, 2.45) is 7.05 Å². The van der Waals surface area contributed by atoms with E-state index in [1.807, 2.05) is 12.1 Å². The van der Waals surface area contributed by atoms with E-state index in [1.54, 1.807) is 4.90 Å². The van der Waals surface area contributed by atoms with E-state index >= 15 is 0 Å². The average molecular weight is 358 g/mol. The van der Waals surface area contributed by atoms with Gasteiger partial charge in [-0.25, -0.2) is 9.18 Å². The van der Waals surface area contributed by atoms with Crippen molar-refractivity contribution in [3.8, 4) is 0 Å². The first-order valence-electron chi connectivity index (χ1n) is 8.11. The third-order valence-corrected chi connectivity index (χ3v) is 5.06. The van der Waals surface area contributed by atoms with Crippen molar-refractivity contribution in [2.45, 2.75) is 13.0 Å². The second kappa shape index (κ2) is 6.08. The molecule has 2 aromatic carbocycles. The van der Waals surface area contributed by atoms with Crippen LogP contribution in [-0.2, 0) is 20.0 Å². The van der Waals surface area contributed by atoms with Gasteiger partial charge in [0, 0.05) is 54.4 Å². The van der Waals surface area contributed by atoms with Gasteiger partial charge in [-0.05, 0) is 24.3 Å². The number of rotatable bonds is 1. The van der Waals surface area contributed by atoms with Crippen LogP contribution in [0, 0.1) is 5.82 Å². The first kappa shape index (κ1) is 16.0. The Labute approximate surface area is 149 Å². The van der Waals surface area contributed by atoms with Crippen LogP contribution >= 0.6 is 11.6 Å². The minimum absolute atomic E-state index is 0.00668. The number of carbonyl (C=O) groups is 1. The summed E-state index contributed by atoms with van der Waals surface area (Å²) < 4.78 is 15.5. The zero-order valence-electron chi connectivity index (χ0n) is 13.7. The number of halogens is 2. The van der Waals surface area contributed by atoms with Crippen molar-refractivity contribution in [3.63, 3.8) is 0 Å². The van der Waals surface area contributed by atoms with Crippen LogP contribution in [0.1, 0.15) is 11.3 Å². The van der Waals surface area contributed by atoms with Crippen LogP contribution in [-0.4, -0.2) is 22.0 Å². The number of para-hydroxylation sites is 1. The van der Waals surface area contributed by atoms with Crippen molar-refractivity contribution < 1.29 is 9.18 Å². The lowest BCUT2D eigenvalue weighted by atomic mass is 10.0. The number of amides is 2. The molecule has 0 spiro atoms. The molecule has 4 rings (SSSR count). The number of nitrogens with one attached hydrogen (secondary N) is 1. The van der Waals surface area contributed by atoms with Gasteiger partial charge in [-0.3, -0.25) is 0 Å². The van der Waals surface area contributed by atoms with Gasteiger partial charge in [-0.15, -0.1) is 0 Å². The van der Waals surface area contributed by atoms with E-state index in [4.69, 9.17) is 11.6 Å². The third-order valence-electron chi connectivity index (χ3n) is 4.77. The predicted molar refractivity (Wildman–Crippen MR) is 97.5 cm³/mol. The van der Waals surface area contributed by atoms with Crippen molar-refractivity contribution in [1.82, 2.24) is 9.47 Å².